The van der Waals surface area contributed by atoms with Crippen LogP contribution in [0.15, 0.2) is 54.6 Å². The summed E-state index contributed by atoms with van der Waals surface area (Å²) in [7, 11) is 0. The van der Waals surface area contributed by atoms with E-state index in [1.165, 1.54) is 27.1 Å². The zero-order valence-electron chi connectivity index (χ0n) is 12.6. The van der Waals surface area contributed by atoms with Gasteiger partial charge in [0, 0.05) is 19.6 Å². The summed E-state index contributed by atoms with van der Waals surface area (Å²) in [5, 5.41) is 23.4. The molecule has 22 heavy (non-hydrogen) atoms. The molecule has 0 aliphatic rings. The van der Waals surface area contributed by atoms with E-state index < -0.39 is 0 Å². The molecule has 0 spiro atoms. The molecule has 0 aromatic heterocycles. The summed E-state index contributed by atoms with van der Waals surface area (Å²) in [6, 6.07) is 19.0. The molecule has 0 fully saturated rings. The maximum Gasteiger partial charge on any atom is 0.0558 e. The van der Waals surface area contributed by atoms with Gasteiger partial charge in [0.05, 0.1) is 13.2 Å². The van der Waals surface area contributed by atoms with Gasteiger partial charge >= 0.3 is 0 Å². The Balaban J connectivity index is 2.14. The number of fused-ring (bicyclic) bond motifs is 2. The van der Waals surface area contributed by atoms with E-state index in [4.69, 9.17) is 0 Å². The first kappa shape index (κ1) is 15.0. The number of nitrogens with zero attached hydrogens (tertiary/aromatic N) is 1. The Hall–Kier alpha value is -1.94. The van der Waals surface area contributed by atoms with Gasteiger partial charge in [-0.05, 0) is 33.2 Å². The average molecular weight is 295 g/mol. The van der Waals surface area contributed by atoms with E-state index in [-0.39, 0.29) is 13.2 Å². The molecule has 3 nitrogen and oxygen atoms in total. The molecule has 0 amide bonds. The van der Waals surface area contributed by atoms with Crippen LogP contribution in [0.4, 0.5) is 0 Å². The van der Waals surface area contributed by atoms with E-state index in [2.05, 4.69) is 59.5 Å². The second-order valence-electron chi connectivity index (χ2n) is 5.52. The van der Waals surface area contributed by atoms with Crippen LogP contribution in [0.2, 0.25) is 0 Å². The Morgan fingerprint density at radius 3 is 1.73 bits per heavy atom. The smallest absolute Gasteiger partial charge is 0.0558 e. The summed E-state index contributed by atoms with van der Waals surface area (Å²) in [5.41, 5.74) is 1.26. The molecule has 3 aromatic rings. The summed E-state index contributed by atoms with van der Waals surface area (Å²) in [5.74, 6) is 0. The van der Waals surface area contributed by atoms with Crippen LogP contribution in [0.25, 0.3) is 21.5 Å². The predicted molar refractivity (Wildman–Crippen MR) is 90.9 cm³/mol. The van der Waals surface area contributed by atoms with Gasteiger partial charge in [0.1, 0.15) is 0 Å². The summed E-state index contributed by atoms with van der Waals surface area (Å²) >= 11 is 0. The number of aliphatic hydroxyl groups excluding tert-OH is 2. The monoisotopic (exact) mass is 295 g/mol. The van der Waals surface area contributed by atoms with E-state index in [1.807, 2.05) is 0 Å². The normalized spacial score (nSPS) is 11.6. The predicted octanol–water partition coefficient (Wildman–Crippen LogP) is 2.78. The van der Waals surface area contributed by atoms with Gasteiger partial charge in [0.2, 0.25) is 0 Å². The van der Waals surface area contributed by atoms with Crippen molar-refractivity contribution in [3.8, 4) is 0 Å². The van der Waals surface area contributed by atoms with E-state index in [1.54, 1.807) is 0 Å². The van der Waals surface area contributed by atoms with Crippen molar-refractivity contribution in [1.82, 2.24) is 4.90 Å². The van der Waals surface area contributed by atoms with E-state index >= 15 is 0 Å². The van der Waals surface area contributed by atoms with E-state index in [9.17, 15) is 10.2 Å². The third-order valence-corrected chi connectivity index (χ3v) is 4.10. The second-order valence-corrected chi connectivity index (χ2v) is 5.52. The van der Waals surface area contributed by atoms with Crippen molar-refractivity contribution in [2.24, 2.45) is 0 Å². The Morgan fingerprint density at radius 1 is 0.727 bits per heavy atom. The molecular formula is C19H21NO2. The fourth-order valence-corrected chi connectivity index (χ4v) is 3.05. The summed E-state index contributed by atoms with van der Waals surface area (Å²) < 4.78 is 0. The molecule has 0 aliphatic carbocycles. The maximum absolute atomic E-state index is 9.24. The Morgan fingerprint density at radius 2 is 1.23 bits per heavy atom. The van der Waals surface area contributed by atoms with Crippen LogP contribution in [0, 0.1) is 0 Å². The van der Waals surface area contributed by atoms with Crippen LogP contribution in [0.1, 0.15) is 5.56 Å². The Kier molecular flexibility index (Phi) is 4.68. The molecule has 0 bridgehead atoms. The summed E-state index contributed by atoms with van der Waals surface area (Å²) in [6.45, 7) is 2.06. The van der Waals surface area contributed by atoms with Crippen molar-refractivity contribution in [3.63, 3.8) is 0 Å². The molecule has 3 aromatic carbocycles. The highest BCUT2D eigenvalue weighted by molar-refractivity contribution is 6.02. The number of benzene rings is 3. The molecular weight excluding hydrogens is 274 g/mol. The van der Waals surface area contributed by atoms with Crippen LogP contribution >= 0.6 is 0 Å². The lowest BCUT2D eigenvalue weighted by Crippen LogP contribution is -2.29. The maximum atomic E-state index is 9.24. The van der Waals surface area contributed by atoms with E-state index in [0.29, 0.717) is 13.1 Å². The third-order valence-electron chi connectivity index (χ3n) is 4.10. The number of aliphatic hydroxyl groups is 2. The molecule has 0 radical (unpaired) electrons. The standard InChI is InChI=1S/C19H21NO2/c21-11-9-20(10-12-22)14-19-17-7-3-1-5-15(17)13-16-6-2-4-8-18(16)19/h1-8,13,21-22H,9-12,14H2. The lowest BCUT2D eigenvalue weighted by Gasteiger charge is -2.22. The Labute approximate surface area is 130 Å². The minimum absolute atomic E-state index is 0.0999. The van der Waals surface area contributed by atoms with Gasteiger partial charge < -0.3 is 10.2 Å². The Bertz CT molecular complexity index is 710. The zero-order chi connectivity index (χ0) is 15.4. The van der Waals surface area contributed by atoms with Crippen LogP contribution in [0.3, 0.4) is 0 Å². The molecule has 0 aliphatic heterocycles. The van der Waals surface area contributed by atoms with Gasteiger partial charge in [0.15, 0.2) is 0 Å². The summed E-state index contributed by atoms with van der Waals surface area (Å²) in [6.07, 6.45) is 0. The van der Waals surface area contributed by atoms with Gasteiger partial charge in [-0.2, -0.15) is 0 Å². The van der Waals surface area contributed by atoms with Gasteiger partial charge in [0.25, 0.3) is 0 Å². The lowest BCUT2D eigenvalue weighted by molar-refractivity contribution is 0.156. The van der Waals surface area contributed by atoms with Crippen LogP contribution in [-0.2, 0) is 6.54 Å². The molecule has 0 unspecified atom stereocenters. The van der Waals surface area contributed by atoms with Gasteiger partial charge in [-0.25, -0.2) is 0 Å². The number of hydrogen-bond donors (Lipinski definition) is 2. The highest BCUT2D eigenvalue weighted by Gasteiger charge is 2.11. The molecule has 114 valence electrons. The molecule has 0 atom stereocenters. The first-order valence-electron chi connectivity index (χ1n) is 7.67. The van der Waals surface area contributed by atoms with Crippen LogP contribution in [-0.4, -0.2) is 41.4 Å². The first-order valence-corrected chi connectivity index (χ1v) is 7.67. The van der Waals surface area contributed by atoms with Crippen LogP contribution < -0.4 is 0 Å². The number of rotatable bonds is 6. The van der Waals surface area contributed by atoms with Crippen molar-refractivity contribution >= 4 is 21.5 Å². The molecule has 2 N–H and O–H groups in total. The molecule has 0 heterocycles. The van der Waals surface area contributed by atoms with Gasteiger partial charge in [-0.1, -0.05) is 48.5 Å². The lowest BCUT2D eigenvalue weighted by atomic mass is 9.96. The van der Waals surface area contributed by atoms with Crippen molar-refractivity contribution in [1.29, 1.82) is 0 Å². The highest BCUT2D eigenvalue weighted by Crippen LogP contribution is 2.29. The third kappa shape index (κ3) is 2.97. The van der Waals surface area contributed by atoms with Gasteiger partial charge in [-0.3, -0.25) is 4.90 Å². The summed E-state index contributed by atoms with van der Waals surface area (Å²) in [4.78, 5) is 2.09. The quantitative estimate of drug-likeness (QED) is 0.687. The minimum atomic E-state index is 0.0999. The topological polar surface area (TPSA) is 43.7 Å². The van der Waals surface area contributed by atoms with Crippen molar-refractivity contribution in [2.45, 2.75) is 6.54 Å². The first-order chi connectivity index (χ1) is 10.8. The molecule has 0 saturated carbocycles. The van der Waals surface area contributed by atoms with Crippen LogP contribution in [0.5, 0.6) is 0 Å². The zero-order valence-corrected chi connectivity index (χ0v) is 12.6. The molecule has 3 rings (SSSR count). The van der Waals surface area contributed by atoms with Crippen molar-refractivity contribution in [3.05, 3.63) is 60.2 Å². The second kappa shape index (κ2) is 6.88. The fourth-order valence-electron chi connectivity index (χ4n) is 3.05. The molecule has 3 heteroatoms. The fraction of sp³-hybridized carbons (Fsp3) is 0.263. The van der Waals surface area contributed by atoms with E-state index in [0.717, 1.165) is 6.54 Å². The van der Waals surface area contributed by atoms with Crippen molar-refractivity contribution < 1.29 is 10.2 Å². The largest absolute Gasteiger partial charge is 0.395 e. The molecule has 0 saturated heterocycles. The minimum Gasteiger partial charge on any atom is -0.395 e. The SMILES string of the molecule is OCCN(CCO)Cc1c2ccccc2cc2ccccc12. The number of hydrogen-bond acceptors (Lipinski definition) is 3. The van der Waals surface area contributed by atoms with Gasteiger partial charge in [-0.15, -0.1) is 0 Å². The van der Waals surface area contributed by atoms with Crippen molar-refractivity contribution in [2.75, 3.05) is 26.3 Å². The highest BCUT2D eigenvalue weighted by atomic mass is 16.3. The average Bonchev–Trinajstić information content (AvgIpc) is 2.55.